The molecule has 0 atom stereocenters. The maximum Gasteiger partial charge on any atom is 0.319 e. The predicted molar refractivity (Wildman–Crippen MR) is 95.9 cm³/mol. The summed E-state index contributed by atoms with van der Waals surface area (Å²) in [5.74, 6) is 0. The van der Waals surface area contributed by atoms with Crippen LogP contribution in [0.15, 0.2) is 42.7 Å². The number of urea groups is 1. The summed E-state index contributed by atoms with van der Waals surface area (Å²) in [5, 5.41) is 6.06. The van der Waals surface area contributed by atoms with Crippen LogP contribution in [0.3, 0.4) is 0 Å². The molecular weight excluding hydrogens is 298 g/mol. The average molecular weight is 321 g/mol. The Balaban J connectivity index is 1.36. The number of carbonyl (C=O) groups excluding carboxylic acids is 1. The Bertz CT molecular complexity index is 745. The van der Waals surface area contributed by atoms with Crippen molar-refractivity contribution in [2.75, 3.05) is 5.32 Å². The number of hydrogen-bond donors (Lipinski definition) is 2. The van der Waals surface area contributed by atoms with Crippen molar-refractivity contribution in [3.63, 3.8) is 0 Å². The summed E-state index contributed by atoms with van der Waals surface area (Å²) < 4.78 is 0. The first kappa shape index (κ1) is 15.2. The number of carbonyl (C=O) groups is 1. The fourth-order valence-corrected chi connectivity index (χ4v) is 4.12. The van der Waals surface area contributed by atoms with E-state index < -0.39 is 0 Å². The Morgan fingerprint density at radius 3 is 2.54 bits per heavy atom. The highest BCUT2D eigenvalue weighted by molar-refractivity contribution is 5.90. The summed E-state index contributed by atoms with van der Waals surface area (Å²) >= 11 is 0. The average Bonchev–Trinajstić information content (AvgIpc) is 2.49. The third-order valence-corrected chi connectivity index (χ3v) is 5.58. The van der Waals surface area contributed by atoms with Crippen LogP contribution < -0.4 is 10.6 Å². The van der Waals surface area contributed by atoms with E-state index in [2.05, 4.69) is 22.5 Å². The molecule has 2 aliphatic rings. The molecule has 124 valence electrons. The Kier molecular flexibility index (Phi) is 3.75. The van der Waals surface area contributed by atoms with E-state index in [9.17, 15) is 4.79 Å². The van der Waals surface area contributed by atoms with Crippen molar-refractivity contribution < 1.29 is 4.79 Å². The van der Waals surface area contributed by atoms with Gasteiger partial charge in [0.1, 0.15) is 0 Å². The van der Waals surface area contributed by atoms with E-state index in [4.69, 9.17) is 0 Å². The molecule has 0 bridgehead atoms. The molecule has 0 radical (unpaired) electrons. The fraction of sp³-hybridized carbons (Fsp3) is 0.400. The molecule has 2 N–H and O–H groups in total. The minimum absolute atomic E-state index is 0.0924. The molecular formula is C20H23N3O. The van der Waals surface area contributed by atoms with Crippen LogP contribution >= 0.6 is 0 Å². The van der Waals surface area contributed by atoms with Crippen LogP contribution in [0.25, 0.3) is 11.1 Å². The van der Waals surface area contributed by atoms with Gasteiger partial charge in [-0.15, -0.1) is 0 Å². The zero-order chi connectivity index (χ0) is 16.6. The normalized spacial score (nSPS) is 18.5. The summed E-state index contributed by atoms with van der Waals surface area (Å²) in [6, 6.07) is 10.3. The van der Waals surface area contributed by atoms with Gasteiger partial charge in [-0.3, -0.25) is 4.98 Å². The molecule has 1 spiro atoms. The molecule has 0 unspecified atom stereocenters. The largest absolute Gasteiger partial charge is 0.335 e. The van der Waals surface area contributed by atoms with Gasteiger partial charge in [0.2, 0.25) is 0 Å². The lowest BCUT2D eigenvalue weighted by molar-refractivity contribution is 0.00286. The van der Waals surface area contributed by atoms with Gasteiger partial charge in [0.05, 0.1) is 0 Å². The zero-order valence-corrected chi connectivity index (χ0v) is 14.0. The quantitative estimate of drug-likeness (QED) is 0.874. The Morgan fingerprint density at radius 1 is 1.17 bits per heavy atom. The summed E-state index contributed by atoms with van der Waals surface area (Å²) in [6.07, 6.45) is 9.96. The summed E-state index contributed by atoms with van der Waals surface area (Å²) in [6.45, 7) is 2.06. The predicted octanol–water partition coefficient (Wildman–Crippen LogP) is 4.51. The lowest BCUT2D eigenvalue weighted by Gasteiger charge is -2.54. The van der Waals surface area contributed by atoms with Gasteiger partial charge in [0.15, 0.2) is 0 Å². The molecule has 2 aliphatic carbocycles. The third-order valence-electron chi connectivity index (χ3n) is 5.58. The standard InChI is InChI=1S/C20H23N3O/c1-14-11-16(3-4-18(14)15-5-9-21-10-6-15)22-19(24)23-17-12-20(13-17)7-2-8-20/h3-6,9-11,17H,2,7-8,12-13H2,1H3,(H2,22,23,24). The number of aromatic nitrogens is 1. The van der Waals surface area contributed by atoms with Crippen molar-refractivity contribution in [3.05, 3.63) is 48.3 Å². The third kappa shape index (κ3) is 2.88. The molecule has 2 aromatic rings. The second-order valence-corrected chi connectivity index (χ2v) is 7.32. The number of pyridine rings is 1. The van der Waals surface area contributed by atoms with Crippen LogP contribution in [-0.2, 0) is 0 Å². The molecule has 1 aromatic carbocycles. The highest BCUT2D eigenvalue weighted by atomic mass is 16.2. The smallest absolute Gasteiger partial charge is 0.319 e. The lowest BCUT2D eigenvalue weighted by Crippen LogP contribution is -2.54. The molecule has 2 fully saturated rings. The first-order chi connectivity index (χ1) is 11.6. The first-order valence-corrected chi connectivity index (χ1v) is 8.72. The molecule has 0 aliphatic heterocycles. The zero-order valence-electron chi connectivity index (χ0n) is 14.0. The minimum atomic E-state index is -0.0924. The van der Waals surface area contributed by atoms with E-state index in [1.54, 1.807) is 12.4 Å². The molecule has 4 heteroatoms. The second kappa shape index (κ2) is 5.93. The maximum absolute atomic E-state index is 12.2. The topological polar surface area (TPSA) is 54.0 Å². The van der Waals surface area contributed by atoms with E-state index in [1.165, 1.54) is 19.3 Å². The maximum atomic E-state index is 12.2. The Hall–Kier alpha value is -2.36. The van der Waals surface area contributed by atoms with Crippen molar-refractivity contribution in [2.45, 2.75) is 45.1 Å². The number of amides is 2. The van der Waals surface area contributed by atoms with Crippen LogP contribution in [0.2, 0.25) is 0 Å². The minimum Gasteiger partial charge on any atom is -0.335 e. The van der Waals surface area contributed by atoms with Gasteiger partial charge in [-0.2, -0.15) is 0 Å². The first-order valence-electron chi connectivity index (χ1n) is 8.72. The lowest BCUT2D eigenvalue weighted by atomic mass is 9.54. The van der Waals surface area contributed by atoms with Crippen molar-refractivity contribution >= 4 is 11.7 Å². The van der Waals surface area contributed by atoms with E-state index >= 15 is 0 Å². The molecule has 1 aromatic heterocycles. The molecule has 2 saturated carbocycles. The summed E-state index contributed by atoms with van der Waals surface area (Å²) in [7, 11) is 0. The van der Waals surface area contributed by atoms with Crippen molar-refractivity contribution in [1.29, 1.82) is 0 Å². The van der Waals surface area contributed by atoms with E-state index in [1.807, 2.05) is 30.3 Å². The molecule has 2 amide bonds. The number of aryl methyl sites for hydroxylation is 1. The summed E-state index contributed by atoms with van der Waals surface area (Å²) in [5.41, 5.74) is 4.85. The van der Waals surface area contributed by atoms with Gasteiger partial charge in [-0.1, -0.05) is 12.5 Å². The van der Waals surface area contributed by atoms with E-state index in [-0.39, 0.29) is 6.03 Å². The summed E-state index contributed by atoms with van der Waals surface area (Å²) in [4.78, 5) is 16.2. The van der Waals surface area contributed by atoms with Crippen LogP contribution in [0.4, 0.5) is 10.5 Å². The molecule has 4 rings (SSSR count). The molecule has 4 nitrogen and oxygen atoms in total. The van der Waals surface area contributed by atoms with Crippen molar-refractivity contribution in [1.82, 2.24) is 10.3 Å². The van der Waals surface area contributed by atoms with Crippen molar-refractivity contribution in [2.24, 2.45) is 5.41 Å². The molecule has 24 heavy (non-hydrogen) atoms. The van der Waals surface area contributed by atoms with E-state index in [0.29, 0.717) is 11.5 Å². The monoisotopic (exact) mass is 321 g/mol. The van der Waals surface area contributed by atoms with Gasteiger partial charge < -0.3 is 10.6 Å². The Labute approximate surface area is 142 Å². The number of anilines is 1. The SMILES string of the molecule is Cc1cc(NC(=O)NC2CC3(CCC3)C2)ccc1-c1ccncc1. The van der Waals surface area contributed by atoms with Gasteiger partial charge in [-0.05, 0) is 79.0 Å². The van der Waals surface area contributed by atoms with Crippen LogP contribution in [0.5, 0.6) is 0 Å². The van der Waals surface area contributed by atoms with Crippen LogP contribution in [0, 0.1) is 12.3 Å². The van der Waals surface area contributed by atoms with Gasteiger partial charge in [0.25, 0.3) is 0 Å². The Morgan fingerprint density at radius 2 is 1.92 bits per heavy atom. The number of benzene rings is 1. The van der Waals surface area contributed by atoms with Gasteiger partial charge >= 0.3 is 6.03 Å². The highest BCUT2D eigenvalue weighted by Crippen LogP contribution is 2.55. The molecule has 0 saturated heterocycles. The fourth-order valence-electron chi connectivity index (χ4n) is 4.12. The number of rotatable bonds is 3. The molecule has 1 heterocycles. The second-order valence-electron chi connectivity index (χ2n) is 7.32. The van der Waals surface area contributed by atoms with Gasteiger partial charge in [-0.25, -0.2) is 4.79 Å². The van der Waals surface area contributed by atoms with Crippen molar-refractivity contribution in [3.8, 4) is 11.1 Å². The number of hydrogen-bond acceptors (Lipinski definition) is 2. The van der Waals surface area contributed by atoms with Crippen LogP contribution in [0.1, 0.15) is 37.7 Å². The van der Waals surface area contributed by atoms with Crippen LogP contribution in [-0.4, -0.2) is 17.1 Å². The van der Waals surface area contributed by atoms with Gasteiger partial charge in [0, 0.05) is 24.1 Å². The number of nitrogens with one attached hydrogen (secondary N) is 2. The van der Waals surface area contributed by atoms with E-state index in [0.717, 1.165) is 35.2 Å². The highest BCUT2D eigenvalue weighted by Gasteiger charge is 2.48. The number of nitrogens with zero attached hydrogens (tertiary/aromatic N) is 1.